The Kier molecular flexibility index (Phi) is 4.60. The molecular weight excluding hydrogens is 198 g/mol. The van der Waals surface area contributed by atoms with Crippen LogP contribution in [0.1, 0.15) is 37.0 Å². The summed E-state index contributed by atoms with van der Waals surface area (Å²) < 4.78 is 0. The maximum Gasteiger partial charge on any atom is 0.162 e. The lowest BCUT2D eigenvalue weighted by Gasteiger charge is -2.12. The van der Waals surface area contributed by atoms with Crippen LogP contribution in [0, 0.1) is 12.3 Å². The fourth-order valence-electron chi connectivity index (χ4n) is 1.42. The van der Waals surface area contributed by atoms with Crippen LogP contribution in [-0.2, 0) is 0 Å². The van der Waals surface area contributed by atoms with Crippen LogP contribution in [0.15, 0.2) is 24.3 Å². The molecule has 0 saturated carbocycles. The highest BCUT2D eigenvalue weighted by Gasteiger charge is 2.04. The number of ketones is 1. The molecule has 0 aliphatic carbocycles. The first-order chi connectivity index (χ1) is 7.71. The lowest BCUT2D eigenvalue weighted by atomic mass is 10.1. The number of anilines is 1. The van der Waals surface area contributed by atoms with Crippen LogP contribution in [0.25, 0.3) is 0 Å². The zero-order valence-corrected chi connectivity index (χ0v) is 9.79. The quantitative estimate of drug-likeness (QED) is 0.604. The van der Waals surface area contributed by atoms with Crippen LogP contribution in [0.3, 0.4) is 0 Å². The normalized spacial score (nSPS) is 11.6. The van der Waals surface area contributed by atoms with E-state index in [1.54, 1.807) is 0 Å². The van der Waals surface area contributed by atoms with E-state index < -0.39 is 0 Å². The van der Waals surface area contributed by atoms with E-state index in [4.69, 9.17) is 6.42 Å². The first-order valence-corrected chi connectivity index (χ1v) is 5.57. The Bertz CT molecular complexity index is 386. The molecule has 2 heteroatoms. The summed E-state index contributed by atoms with van der Waals surface area (Å²) in [5.74, 6) is 2.83. The van der Waals surface area contributed by atoms with E-state index in [-0.39, 0.29) is 11.8 Å². The molecule has 0 bridgehead atoms. The minimum atomic E-state index is 0.0488. The smallest absolute Gasteiger partial charge is 0.162 e. The Morgan fingerprint density at radius 1 is 1.38 bits per heavy atom. The van der Waals surface area contributed by atoms with E-state index in [2.05, 4.69) is 11.2 Å². The second kappa shape index (κ2) is 5.97. The van der Waals surface area contributed by atoms with Gasteiger partial charge in [-0.2, -0.15) is 0 Å². The van der Waals surface area contributed by atoms with Gasteiger partial charge in [-0.15, -0.1) is 6.42 Å². The molecule has 1 unspecified atom stereocenters. The first kappa shape index (κ1) is 12.3. The van der Waals surface area contributed by atoms with Crippen LogP contribution in [0.4, 0.5) is 5.69 Å². The van der Waals surface area contributed by atoms with Crippen LogP contribution in [0.2, 0.25) is 0 Å². The van der Waals surface area contributed by atoms with Gasteiger partial charge in [-0.3, -0.25) is 4.79 Å². The zero-order chi connectivity index (χ0) is 12.0. The summed E-state index contributed by atoms with van der Waals surface area (Å²) in [5.41, 5.74) is 1.71. The van der Waals surface area contributed by atoms with Gasteiger partial charge >= 0.3 is 0 Å². The second-order valence-electron chi connectivity index (χ2n) is 3.63. The Morgan fingerprint density at radius 2 is 2.00 bits per heavy atom. The molecule has 1 aromatic carbocycles. The van der Waals surface area contributed by atoms with E-state index in [1.807, 2.05) is 38.1 Å². The Balaban J connectivity index is 2.72. The molecule has 0 aliphatic heterocycles. The van der Waals surface area contributed by atoms with Crippen LogP contribution >= 0.6 is 0 Å². The van der Waals surface area contributed by atoms with Gasteiger partial charge in [0.25, 0.3) is 0 Å². The largest absolute Gasteiger partial charge is 0.372 e. The maximum atomic E-state index is 11.4. The van der Waals surface area contributed by atoms with Crippen molar-refractivity contribution in [1.29, 1.82) is 0 Å². The molecule has 0 aromatic heterocycles. The number of hydrogen-bond donors (Lipinski definition) is 1. The van der Waals surface area contributed by atoms with E-state index in [0.29, 0.717) is 6.42 Å². The fraction of sp³-hybridized carbons (Fsp3) is 0.357. The minimum absolute atomic E-state index is 0.0488. The van der Waals surface area contributed by atoms with Crippen molar-refractivity contribution in [3.63, 3.8) is 0 Å². The van der Waals surface area contributed by atoms with Gasteiger partial charge in [0.1, 0.15) is 0 Å². The highest BCUT2D eigenvalue weighted by molar-refractivity contribution is 5.96. The molecule has 0 spiro atoms. The average Bonchev–Trinajstić information content (AvgIpc) is 2.35. The third-order valence-corrected chi connectivity index (χ3v) is 2.48. The van der Waals surface area contributed by atoms with Crippen molar-refractivity contribution in [2.75, 3.05) is 5.32 Å². The third-order valence-electron chi connectivity index (χ3n) is 2.48. The lowest BCUT2D eigenvalue weighted by molar-refractivity contribution is 0.0988. The standard InChI is InChI=1S/C14H17NO/c1-4-12(5-2)15-13-9-7-11(8-10-13)14(16)6-3/h1,7-10,12,15H,5-6H2,2-3H3. The topological polar surface area (TPSA) is 29.1 Å². The zero-order valence-electron chi connectivity index (χ0n) is 9.79. The molecule has 0 saturated heterocycles. The predicted molar refractivity (Wildman–Crippen MR) is 67.6 cm³/mol. The number of rotatable bonds is 5. The van der Waals surface area contributed by atoms with Crippen molar-refractivity contribution in [1.82, 2.24) is 0 Å². The van der Waals surface area contributed by atoms with Crippen LogP contribution < -0.4 is 5.32 Å². The van der Waals surface area contributed by atoms with Gasteiger partial charge < -0.3 is 5.32 Å². The molecule has 0 amide bonds. The lowest BCUT2D eigenvalue weighted by Crippen LogP contribution is -2.15. The Hall–Kier alpha value is -1.75. The predicted octanol–water partition coefficient (Wildman–Crippen LogP) is 3.10. The Labute approximate surface area is 97.1 Å². The molecule has 0 aliphatic rings. The molecule has 0 radical (unpaired) electrons. The summed E-state index contributed by atoms with van der Waals surface area (Å²) in [4.78, 5) is 11.4. The first-order valence-electron chi connectivity index (χ1n) is 5.57. The van der Waals surface area contributed by atoms with E-state index in [1.165, 1.54) is 0 Å². The summed E-state index contributed by atoms with van der Waals surface area (Å²) in [5, 5.41) is 3.22. The summed E-state index contributed by atoms with van der Waals surface area (Å²) in [6.07, 6.45) is 6.78. The van der Waals surface area contributed by atoms with E-state index in [9.17, 15) is 4.79 Å². The summed E-state index contributed by atoms with van der Waals surface area (Å²) in [7, 11) is 0. The van der Waals surface area contributed by atoms with E-state index in [0.717, 1.165) is 17.7 Å². The molecule has 0 fully saturated rings. The van der Waals surface area contributed by atoms with Crippen LogP contribution in [0.5, 0.6) is 0 Å². The summed E-state index contributed by atoms with van der Waals surface area (Å²) >= 11 is 0. The van der Waals surface area contributed by atoms with Gasteiger partial charge in [0.05, 0.1) is 6.04 Å². The van der Waals surface area contributed by atoms with Crippen molar-refractivity contribution in [2.24, 2.45) is 0 Å². The number of Topliss-reactive ketones (excluding diaryl/α,β-unsaturated/α-hetero) is 1. The molecule has 1 rings (SSSR count). The van der Waals surface area contributed by atoms with Crippen molar-refractivity contribution in [3.8, 4) is 12.3 Å². The number of carbonyl (C=O) groups is 1. The highest BCUT2D eigenvalue weighted by Crippen LogP contribution is 2.12. The van der Waals surface area contributed by atoms with Gasteiger partial charge in [-0.05, 0) is 30.7 Å². The third kappa shape index (κ3) is 3.13. The molecular formula is C14H17NO. The molecule has 0 heterocycles. The molecule has 16 heavy (non-hydrogen) atoms. The van der Waals surface area contributed by atoms with Crippen molar-refractivity contribution in [2.45, 2.75) is 32.7 Å². The summed E-state index contributed by atoms with van der Waals surface area (Å²) in [6, 6.07) is 7.49. The van der Waals surface area contributed by atoms with Crippen molar-refractivity contribution < 1.29 is 4.79 Å². The minimum Gasteiger partial charge on any atom is -0.372 e. The van der Waals surface area contributed by atoms with Crippen LogP contribution in [-0.4, -0.2) is 11.8 Å². The number of nitrogens with one attached hydrogen (secondary N) is 1. The molecule has 84 valence electrons. The maximum absolute atomic E-state index is 11.4. The molecule has 2 nitrogen and oxygen atoms in total. The molecule has 1 atom stereocenters. The SMILES string of the molecule is C#CC(CC)Nc1ccc(C(=O)CC)cc1. The number of terminal acetylenes is 1. The van der Waals surface area contributed by atoms with Crippen molar-refractivity contribution in [3.05, 3.63) is 29.8 Å². The Morgan fingerprint density at radius 3 is 2.44 bits per heavy atom. The number of carbonyl (C=O) groups excluding carboxylic acids is 1. The summed E-state index contributed by atoms with van der Waals surface area (Å²) in [6.45, 7) is 3.90. The molecule has 1 N–H and O–H groups in total. The van der Waals surface area contributed by atoms with Gasteiger partial charge in [0.2, 0.25) is 0 Å². The fourth-order valence-corrected chi connectivity index (χ4v) is 1.42. The number of benzene rings is 1. The number of hydrogen-bond acceptors (Lipinski definition) is 2. The van der Waals surface area contributed by atoms with Gasteiger partial charge in [-0.25, -0.2) is 0 Å². The van der Waals surface area contributed by atoms with Gasteiger partial charge in [0, 0.05) is 17.7 Å². The highest BCUT2D eigenvalue weighted by atomic mass is 16.1. The molecule has 1 aromatic rings. The van der Waals surface area contributed by atoms with Crippen molar-refractivity contribution >= 4 is 11.5 Å². The monoisotopic (exact) mass is 215 g/mol. The average molecular weight is 215 g/mol. The van der Waals surface area contributed by atoms with Gasteiger partial charge in [-0.1, -0.05) is 19.8 Å². The van der Waals surface area contributed by atoms with E-state index >= 15 is 0 Å². The second-order valence-corrected chi connectivity index (χ2v) is 3.63. The van der Waals surface area contributed by atoms with Gasteiger partial charge in [0.15, 0.2) is 5.78 Å².